The number of carbonyl (C=O) groups is 1. The van der Waals surface area contributed by atoms with Gasteiger partial charge < -0.3 is 9.84 Å². The fourth-order valence-electron chi connectivity index (χ4n) is 3.10. The number of carboxylic acid groups (broad SMARTS) is 1. The molecule has 0 bridgehead atoms. The van der Waals surface area contributed by atoms with Crippen molar-refractivity contribution in [1.29, 1.82) is 0 Å². The topological polar surface area (TPSA) is 49.8 Å². The summed E-state index contributed by atoms with van der Waals surface area (Å²) in [7, 11) is 0. The zero-order valence-corrected chi connectivity index (χ0v) is 11.0. The molecule has 0 aromatic rings. The number of likely N-dealkylation sites (tertiary alicyclic amines) is 1. The van der Waals surface area contributed by atoms with Crippen molar-refractivity contribution in [3.63, 3.8) is 0 Å². The molecule has 2 aliphatic heterocycles. The van der Waals surface area contributed by atoms with E-state index in [-0.39, 0.29) is 23.7 Å². The van der Waals surface area contributed by atoms with Crippen molar-refractivity contribution in [1.82, 2.24) is 4.90 Å². The van der Waals surface area contributed by atoms with E-state index in [0.717, 1.165) is 32.4 Å². The molecule has 3 atom stereocenters. The zero-order chi connectivity index (χ0) is 12.6. The first kappa shape index (κ1) is 12.8. The monoisotopic (exact) mass is 241 g/mol. The highest BCUT2D eigenvalue weighted by Crippen LogP contribution is 2.32. The Balaban J connectivity index is 1.93. The second-order valence-corrected chi connectivity index (χ2v) is 6.08. The van der Waals surface area contributed by atoms with Gasteiger partial charge in [-0.2, -0.15) is 0 Å². The van der Waals surface area contributed by atoms with Crippen LogP contribution < -0.4 is 0 Å². The summed E-state index contributed by atoms with van der Waals surface area (Å²) in [6.45, 7) is 7.89. The maximum Gasteiger partial charge on any atom is 0.321 e. The van der Waals surface area contributed by atoms with Gasteiger partial charge in [0.25, 0.3) is 0 Å². The molecule has 4 nitrogen and oxygen atoms in total. The van der Waals surface area contributed by atoms with E-state index >= 15 is 0 Å². The molecule has 0 aliphatic carbocycles. The third-order valence-electron chi connectivity index (χ3n) is 4.05. The van der Waals surface area contributed by atoms with Crippen LogP contribution in [0.15, 0.2) is 0 Å². The minimum Gasteiger partial charge on any atom is -0.480 e. The highest BCUT2D eigenvalue weighted by Gasteiger charge is 2.40. The van der Waals surface area contributed by atoms with E-state index < -0.39 is 5.97 Å². The van der Waals surface area contributed by atoms with E-state index in [1.807, 2.05) is 6.92 Å². The largest absolute Gasteiger partial charge is 0.480 e. The Hall–Kier alpha value is -0.610. The fraction of sp³-hybridized carbons (Fsp3) is 0.923. The molecule has 2 saturated heterocycles. The van der Waals surface area contributed by atoms with Crippen molar-refractivity contribution in [2.75, 3.05) is 13.1 Å². The van der Waals surface area contributed by atoms with Crippen LogP contribution in [0.5, 0.6) is 0 Å². The van der Waals surface area contributed by atoms with Crippen LogP contribution in [0.4, 0.5) is 0 Å². The third-order valence-corrected chi connectivity index (χ3v) is 4.05. The van der Waals surface area contributed by atoms with E-state index in [4.69, 9.17) is 4.74 Å². The SMILES string of the molecule is CC1CCN(CC2CCC(C)(C)O2)C1C(=O)O. The standard InChI is InChI=1S/C13H23NO3/c1-9-5-7-14(11(9)12(15)16)8-10-4-6-13(2,3)17-10/h9-11H,4-8H2,1-3H3,(H,15,16). The van der Waals surface area contributed by atoms with Gasteiger partial charge in [-0.3, -0.25) is 9.69 Å². The van der Waals surface area contributed by atoms with Crippen LogP contribution >= 0.6 is 0 Å². The van der Waals surface area contributed by atoms with Gasteiger partial charge in [0.2, 0.25) is 0 Å². The highest BCUT2D eigenvalue weighted by atomic mass is 16.5. The summed E-state index contributed by atoms with van der Waals surface area (Å²) in [5, 5.41) is 9.25. The molecule has 0 aromatic carbocycles. The summed E-state index contributed by atoms with van der Waals surface area (Å²) in [5.41, 5.74) is -0.0330. The lowest BCUT2D eigenvalue weighted by molar-refractivity contribution is -0.144. The Morgan fingerprint density at radius 3 is 2.71 bits per heavy atom. The lowest BCUT2D eigenvalue weighted by Crippen LogP contribution is -2.43. The molecule has 4 heteroatoms. The summed E-state index contributed by atoms with van der Waals surface area (Å²) < 4.78 is 5.94. The fourth-order valence-corrected chi connectivity index (χ4v) is 3.10. The number of rotatable bonds is 3. The van der Waals surface area contributed by atoms with Crippen molar-refractivity contribution in [2.45, 2.75) is 57.8 Å². The van der Waals surface area contributed by atoms with E-state index in [2.05, 4.69) is 18.7 Å². The van der Waals surface area contributed by atoms with Crippen LogP contribution in [-0.2, 0) is 9.53 Å². The van der Waals surface area contributed by atoms with E-state index in [0.29, 0.717) is 0 Å². The molecule has 17 heavy (non-hydrogen) atoms. The van der Waals surface area contributed by atoms with Crippen molar-refractivity contribution >= 4 is 5.97 Å². The van der Waals surface area contributed by atoms with Gasteiger partial charge in [0, 0.05) is 6.54 Å². The molecular weight excluding hydrogens is 218 g/mol. The normalized spacial score (nSPS) is 37.5. The average Bonchev–Trinajstić information content (AvgIpc) is 2.71. The number of carboxylic acids is 1. The molecule has 0 spiro atoms. The number of ether oxygens (including phenoxy) is 1. The smallest absolute Gasteiger partial charge is 0.321 e. The van der Waals surface area contributed by atoms with E-state index in [1.165, 1.54) is 0 Å². The quantitative estimate of drug-likeness (QED) is 0.817. The summed E-state index contributed by atoms with van der Waals surface area (Å²) in [6.07, 6.45) is 3.30. The van der Waals surface area contributed by atoms with Gasteiger partial charge in [0.15, 0.2) is 0 Å². The predicted molar refractivity (Wildman–Crippen MR) is 65.0 cm³/mol. The van der Waals surface area contributed by atoms with Crippen LogP contribution in [0.1, 0.15) is 40.0 Å². The van der Waals surface area contributed by atoms with Crippen LogP contribution in [-0.4, -0.2) is 46.8 Å². The van der Waals surface area contributed by atoms with Gasteiger partial charge in [0.1, 0.15) is 6.04 Å². The minimum atomic E-state index is -0.688. The first-order valence-electron chi connectivity index (χ1n) is 6.54. The lowest BCUT2D eigenvalue weighted by atomic mass is 10.0. The summed E-state index contributed by atoms with van der Waals surface area (Å²) in [5.74, 6) is -0.436. The van der Waals surface area contributed by atoms with Crippen LogP contribution in [0.25, 0.3) is 0 Å². The molecule has 3 unspecified atom stereocenters. The van der Waals surface area contributed by atoms with Crippen molar-refractivity contribution in [3.05, 3.63) is 0 Å². The molecule has 0 amide bonds. The summed E-state index contributed by atoms with van der Waals surface area (Å²) in [4.78, 5) is 13.3. The van der Waals surface area contributed by atoms with Gasteiger partial charge in [-0.25, -0.2) is 0 Å². The van der Waals surface area contributed by atoms with Crippen LogP contribution in [0, 0.1) is 5.92 Å². The third kappa shape index (κ3) is 2.80. The molecule has 1 N–H and O–H groups in total. The zero-order valence-electron chi connectivity index (χ0n) is 11.0. The Bertz CT molecular complexity index is 303. The Morgan fingerprint density at radius 2 is 2.18 bits per heavy atom. The predicted octanol–water partition coefficient (Wildman–Crippen LogP) is 1.74. The van der Waals surface area contributed by atoms with Gasteiger partial charge in [0.05, 0.1) is 11.7 Å². The first-order chi connectivity index (χ1) is 7.89. The molecule has 2 aliphatic rings. The molecule has 0 radical (unpaired) electrons. The molecule has 2 rings (SSSR count). The Morgan fingerprint density at radius 1 is 1.47 bits per heavy atom. The van der Waals surface area contributed by atoms with Gasteiger partial charge >= 0.3 is 5.97 Å². The maximum absolute atomic E-state index is 11.2. The molecule has 2 heterocycles. The number of hydrogen-bond donors (Lipinski definition) is 1. The molecular formula is C13H23NO3. The summed E-state index contributed by atoms with van der Waals surface area (Å²) in [6, 6.07) is -0.317. The van der Waals surface area contributed by atoms with Gasteiger partial charge in [-0.1, -0.05) is 6.92 Å². The number of hydrogen-bond acceptors (Lipinski definition) is 3. The Labute approximate surface area is 103 Å². The minimum absolute atomic E-state index is 0.0330. The van der Waals surface area contributed by atoms with Crippen molar-refractivity contribution < 1.29 is 14.6 Å². The van der Waals surface area contributed by atoms with Gasteiger partial charge in [-0.05, 0) is 45.6 Å². The van der Waals surface area contributed by atoms with Crippen molar-refractivity contribution in [3.8, 4) is 0 Å². The molecule has 0 aromatic heterocycles. The average molecular weight is 241 g/mol. The second-order valence-electron chi connectivity index (χ2n) is 6.08. The van der Waals surface area contributed by atoms with Crippen LogP contribution in [0.3, 0.4) is 0 Å². The van der Waals surface area contributed by atoms with E-state index in [9.17, 15) is 9.90 Å². The maximum atomic E-state index is 11.2. The lowest BCUT2D eigenvalue weighted by Gasteiger charge is -2.27. The van der Waals surface area contributed by atoms with Gasteiger partial charge in [-0.15, -0.1) is 0 Å². The molecule has 98 valence electrons. The first-order valence-corrected chi connectivity index (χ1v) is 6.54. The van der Waals surface area contributed by atoms with Crippen LogP contribution in [0.2, 0.25) is 0 Å². The molecule has 2 fully saturated rings. The number of nitrogens with zero attached hydrogens (tertiary/aromatic N) is 1. The Kier molecular flexibility index (Phi) is 3.46. The highest BCUT2D eigenvalue weighted by molar-refractivity contribution is 5.74. The number of aliphatic carboxylic acids is 1. The second kappa shape index (κ2) is 4.58. The van der Waals surface area contributed by atoms with E-state index in [1.54, 1.807) is 0 Å². The molecule has 0 saturated carbocycles. The van der Waals surface area contributed by atoms with Crippen molar-refractivity contribution in [2.24, 2.45) is 5.92 Å². The summed E-state index contributed by atoms with van der Waals surface area (Å²) >= 11 is 0.